The van der Waals surface area contributed by atoms with E-state index in [0.29, 0.717) is 0 Å². The van der Waals surface area contributed by atoms with E-state index in [0.717, 1.165) is 0 Å². The van der Waals surface area contributed by atoms with Crippen molar-refractivity contribution in [2.24, 2.45) is 0 Å². The predicted octanol–water partition coefficient (Wildman–Crippen LogP) is -0.830. The molecule has 0 unspecified atom stereocenters. The third-order valence-electron chi connectivity index (χ3n) is 1.49. The van der Waals surface area contributed by atoms with Crippen LogP contribution >= 0.6 is 0 Å². The lowest BCUT2D eigenvalue weighted by Crippen LogP contribution is -2.37. The standard InChI is InChI=1S/C8H14N2O3/c1-6(11)4-8(13)10(3)5-7(12)9-2/h4-5H2,1-3H3,(H,9,12). The van der Waals surface area contributed by atoms with E-state index in [1.165, 1.54) is 25.9 Å². The smallest absolute Gasteiger partial charge is 0.239 e. The molecule has 0 aromatic carbocycles. The normalized spacial score (nSPS) is 9.15. The van der Waals surface area contributed by atoms with Gasteiger partial charge in [0.2, 0.25) is 11.8 Å². The van der Waals surface area contributed by atoms with Gasteiger partial charge in [0.1, 0.15) is 5.78 Å². The third kappa shape index (κ3) is 4.95. The number of ketones is 1. The zero-order valence-corrected chi connectivity index (χ0v) is 8.09. The Labute approximate surface area is 77.1 Å². The van der Waals surface area contributed by atoms with E-state index in [4.69, 9.17) is 0 Å². The number of carbonyl (C=O) groups is 3. The molecule has 0 radical (unpaired) electrons. The van der Waals surface area contributed by atoms with Crippen molar-refractivity contribution in [3.63, 3.8) is 0 Å². The van der Waals surface area contributed by atoms with Gasteiger partial charge >= 0.3 is 0 Å². The van der Waals surface area contributed by atoms with E-state index >= 15 is 0 Å². The Morgan fingerprint density at radius 2 is 1.85 bits per heavy atom. The van der Waals surface area contributed by atoms with Crippen LogP contribution in [0.25, 0.3) is 0 Å². The van der Waals surface area contributed by atoms with E-state index in [-0.39, 0.29) is 30.6 Å². The van der Waals surface area contributed by atoms with Crippen LogP contribution < -0.4 is 5.32 Å². The van der Waals surface area contributed by atoms with Gasteiger partial charge in [-0.25, -0.2) is 0 Å². The van der Waals surface area contributed by atoms with Crippen molar-refractivity contribution >= 4 is 17.6 Å². The SMILES string of the molecule is CNC(=O)CN(C)C(=O)CC(C)=O. The molecule has 0 fully saturated rings. The molecular formula is C8H14N2O3. The highest BCUT2D eigenvalue weighted by molar-refractivity contribution is 5.97. The minimum Gasteiger partial charge on any atom is -0.358 e. The van der Waals surface area contributed by atoms with Crippen molar-refractivity contribution in [3.8, 4) is 0 Å². The lowest BCUT2D eigenvalue weighted by Gasteiger charge is -2.14. The van der Waals surface area contributed by atoms with Crippen LogP contribution in [0, 0.1) is 0 Å². The first-order valence-corrected chi connectivity index (χ1v) is 3.91. The van der Waals surface area contributed by atoms with Gasteiger partial charge in [-0.05, 0) is 6.92 Å². The molecule has 0 aliphatic rings. The second-order valence-electron chi connectivity index (χ2n) is 2.80. The fraction of sp³-hybridized carbons (Fsp3) is 0.625. The second-order valence-corrected chi connectivity index (χ2v) is 2.80. The van der Waals surface area contributed by atoms with Crippen molar-refractivity contribution in [1.29, 1.82) is 0 Å². The molecule has 1 N–H and O–H groups in total. The number of amides is 2. The third-order valence-corrected chi connectivity index (χ3v) is 1.49. The Hall–Kier alpha value is -1.39. The van der Waals surface area contributed by atoms with E-state index in [1.807, 2.05) is 0 Å². The van der Waals surface area contributed by atoms with Gasteiger partial charge in [0.15, 0.2) is 0 Å². The molecule has 0 aliphatic carbocycles. The summed E-state index contributed by atoms with van der Waals surface area (Å²) in [6, 6.07) is 0. The van der Waals surface area contributed by atoms with Crippen molar-refractivity contribution in [1.82, 2.24) is 10.2 Å². The average molecular weight is 186 g/mol. The molecule has 5 nitrogen and oxygen atoms in total. The van der Waals surface area contributed by atoms with Crippen LogP contribution in [-0.4, -0.2) is 43.1 Å². The molecule has 13 heavy (non-hydrogen) atoms. The Kier molecular flexibility index (Phi) is 4.72. The molecule has 0 atom stereocenters. The Morgan fingerprint density at radius 3 is 2.23 bits per heavy atom. The van der Waals surface area contributed by atoms with Crippen LogP contribution in [0.1, 0.15) is 13.3 Å². The van der Waals surface area contributed by atoms with Crippen molar-refractivity contribution in [2.45, 2.75) is 13.3 Å². The number of likely N-dealkylation sites (N-methyl/N-ethyl adjacent to an activating group) is 2. The quantitative estimate of drug-likeness (QED) is 0.583. The van der Waals surface area contributed by atoms with Crippen LogP contribution in [0.15, 0.2) is 0 Å². The number of carbonyl (C=O) groups excluding carboxylic acids is 3. The fourth-order valence-corrected chi connectivity index (χ4v) is 0.731. The highest BCUT2D eigenvalue weighted by Gasteiger charge is 2.13. The van der Waals surface area contributed by atoms with E-state index in [1.54, 1.807) is 0 Å². The Bertz CT molecular complexity index is 225. The molecule has 5 heteroatoms. The van der Waals surface area contributed by atoms with Crippen molar-refractivity contribution in [3.05, 3.63) is 0 Å². The number of hydrogen-bond donors (Lipinski definition) is 1. The van der Waals surface area contributed by atoms with Crippen LogP contribution in [0.3, 0.4) is 0 Å². The molecule has 0 aromatic rings. The molecule has 0 bridgehead atoms. The number of nitrogens with one attached hydrogen (secondary N) is 1. The number of Topliss-reactive ketones (excluding diaryl/α,β-unsaturated/α-hetero) is 1. The number of nitrogens with zero attached hydrogens (tertiary/aromatic N) is 1. The maximum absolute atomic E-state index is 11.1. The van der Waals surface area contributed by atoms with Gasteiger partial charge in [0.05, 0.1) is 13.0 Å². The molecule has 0 rings (SSSR count). The molecule has 0 saturated carbocycles. The van der Waals surface area contributed by atoms with Crippen LogP contribution in [0.2, 0.25) is 0 Å². The first-order chi connectivity index (χ1) is 5.97. The van der Waals surface area contributed by atoms with Gasteiger partial charge < -0.3 is 10.2 Å². The second kappa shape index (κ2) is 5.29. The lowest BCUT2D eigenvalue weighted by atomic mass is 10.3. The summed E-state index contributed by atoms with van der Waals surface area (Å²) in [5.41, 5.74) is 0. The average Bonchev–Trinajstić information content (AvgIpc) is 2.02. The summed E-state index contributed by atoms with van der Waals surface area (Å²) in [5, 5.41) is 2.39. The van der Waals surface area contributed by atoms with Gasteiger partial charge in [-0.1, -0.05) is 0 Å². The lowest BCUT2D eigenvalue weighted by molar-refractivity contribution is -0.137. The minimum atomic E-state index is -0.337. The monoisotopic (exact) mass is 186 g/mol. The van der Waals surface area contributed by atoms with Crippen molar-refractivity contribution < 1.29 is 14.4 Å². The molecule has 2 amide bonds. The molecular weight excluding hydrogens is 172 g/mol. The van der Waals surface area contributed by atoms with Gasteiger partial charge in [0, 0.05) is 14.1 Å². The van der Waals surface area contributed by atoms with Gasteiger partial charge in [-0.3, -0.25) is 14.4 Å². The Balaban J connectivity index is 3.96. The molecule has 74 valence electrons. The number of rotatable bonds is 4. The summed E-state index contributed by atoms with van der Waals surface area (Å²) in [6.07, 6.45) is -0.145. The zero-order chi connectivity index (χ0) is 10.4. The summed E-state index contributed by atoms with van der Waals surface area (Å²) in [4.78, 5) is 33.7. The molecule has 0 aliphatic heterocycles. The summed E-state index contributed by atoms with van der Waals surface area (Å²) in [6.45, 7) is 1.33. The van der Waals surface area contributed by atoms with Gasteiger partial charge in [0.25, 0.3) is 0 Å². The molecule has 0 saturated heterocycles. The van der Waals surface area contributed by atoms with Crippen LogP contribution in [0.4, 0.5) is 0 Å². The van der Waals surface area contributed by atoms with E-state index < -0.39 is 0 Å². The first-order valence-electron chi connectivity index (χ1n) is 3.91. The number of hydrogen-bond acceptors (Lipinski definition) is 3. The summed E-state index contributed by atoms with van der Waals surface area (Å²) < 4.78 is 0. The summed E-state index contributed by atoms with van der Waals surface area (Å²) >= 11 is 0. The molecule has 0 heterocycles. The highest BCUT2D eigenvalue weighted by atomic mass is 16.2. The fourth-order valence-electron chi connectivity index (χ4n) is 0.731. The summed E-state index contributed by atoms with van der Waals surface area (Å²) in [5.74, 6) is -0.788. The van der Waals surface area contributed by atoms with Crippen molar-refractivity contribution in [2.75, 3.05) is 20.6 Å². The minimum absolute atomic E-state index is 0.0113. The zero-order valence-electron chi connectivity index (χ0n) is 8.09. The van der Waals surface area contributed by atoms with Gasteiger partial charge in [-0.2, -0.15) is 0 Å². The van der Waals surface area contributed by atoms with Crippen LogP contribution in [-0.2, 0) is 14.4 Å². The van der Waals surface area contributed by atoms with E-state index in [2.05, 4.69) is 5.32 Å². The maximum Gasteiger partial charge on any atom is 0.239 e. The molecule has 0 spiro atoms. The van der Waals surface area contributed by atoms with Gasteiger partial charge in [-0.15, -0.1) is 0 Å². The predicted molar refractivity (Wildman–Crippen MR) is 47.0 cm³/mol. The topological polar surface area (TPSA) is 66.5 Å². The van der Waals surface area contributed by atoms with Crippen LogP contribution in [0.5, 0.6) is 0 Å². The highest BCUT2D eigenvalue weighted by Crippen LogP contribution is 1.91. The first kappa shape index (κ1) is 11.6. The van der Waals surface area contributed by atoms with E-state index in [9.17, 15) is 14.4 Å². The maximum atomic E-state index is 11.1. The Morgan fingerprint density at radius 1 is 1.31 bits per heavy atom. The molecule has 0 aromatic heterocycles. The largest absolute Gasteiger partial charge is 0.358 e. The summed E-state index contributed by atoms with van der Waals surface area (Å²) in [7, 11) is 2.98.